The number of ether oxygens (including phenoxy) is 2. The smallest absolute Gasteiger partial charge is 0.307 e. The average Bonchev–Trinajstić information content (AvgIpc) is 3.32. The van der Waals surface area contributed by atoms with Gasteiger partial charge in [-0.15, -0.1) is 0 Å². The second-order valence-corrected chi connectivity index (χ2v) is 5.48. The van der Waals surface area contributed by atoms with Crippen molar-refractivity contribution in [2.75, 3.05) is 19.8 Å². The molecule has 0 spiro atoms. The topological polar surface area (TPSA) is 55.8 Å². The fourth-order valence-electron chi connectivity index (χ4n) is 2.20. The first-order valence-electron chi connectivity index (χ1n) is 7.74. The molecule has 0 heterocycles. The molecule has 2 rings (SSSR count). The van der Waals surface area contributed by atoms with Crippen LogP contribution < -0.4 is 4.74 Å². The maximum absolute atomic E-state index is 12.3. The van der Waals surface area contributed by atoms with Crippen LogP contribution in [0.1, 0.15) is 31.7 Å². The van der Waals surface area contributed by atoms with Gasteiger partial charge < -0.3 is 14.4 Å². The lowest BCUT2D eigenvalue weighted by atomic mass is 10.2. The summed E-state index contributed by atoms with van der Waals surface area (Å²) in [6, 6.07) is 7.84. The standard InChI is InChI=1S/C17H23NO4/c1-3-21-17(20)10-11-18(14-6-7-14)16(19)12-22-15-8-4-13(2)5-9-15/h4-5,8-9,14H,3,6-7,10-12H2,1-2H3. The fraction of sp³-hybridized carbons (Fsp3) is 0.529. The molecular weight excluding hydrogens is 282 g/mol. The summed E-state index contributed by atoms with van der Waals surface area (Å²) in [4.78, 5) is 25.5. The predicted molar refractivity (Wildman–Crippen MR) is 82.7 cm³/mol. The van der Waals surface area contributed by atoms with Crippen molar-refractivity contribution >= 4 is 11.9 Å². The molecule has 1 saturated carbocycles. The Morgan fingerprint density at radius 1 is 1.23 bits per heavy atom. The lowest BCUT2D eigenvalue weighted by molar-refractivity contribution is -0.144. The molecule has 0 radical (unpaired) electrons. The third kappa shape index (κ3) is 5.06. The van der Waals surface area contributed by atoms with Crippen LogP contribution in [0.4, 0.5) is 0 Å². The second kappa shape index (κ2) is 7.82. The lowest BCUT2D eigenvalue weighted by Crippen LogP contribution is -2.38. The molecule has 1 aliphatic carbocycles. The molecule has 1 amide bonds. The van der Waals surface area contributed by atoms with Crippen LogP contribution >= 0.6 is 0 Å². The van der Waals surface area contributed by atoms with Crippen LogP contribution in [0, 0.1) is 6.92 Å². The number of hydrogen-bond donors (Lipinski definition) is 0. The van der Waals surface area contributed by atoms with Crippen molar-refractivity contribution in [3.05, 3.63) is 29.8 Å². The minimum atomic E-state index is -0.264. The Kier molecular flexibility index (Phi) is 5.81. The SMILES string of the molecule is CCOC(=O)CCN(C(=O)COc1ccc(C)cc1)C1CC1. The van der Waals surface area contributed by atoms with E-state index in [9.17, 15) is 9.59 Å². The van der Waals surface area contributed by atoms with Gasteiger partial charge in [0.1, 0.15) is 5.75 Å². The van der Waals surface area contributed by atoms with Crippen LogP contribution in [0.5, 0.6) is 5.75 Å². The van der Waals surface area contributed by atoms with Crippen molar-refractivity contribution < 1.29 is 19.1 Å². The molecule has 0 bridgehead atoms. The van der Waals surface area contributed by atoms with E-state index >= 15 is 0 Å². The Morgan fingerprint density at radius 3 is 2.50 bits per heavy atom. The summed E-state index contributed by atoms with van der Waals surface area (Å²) in [5, 5.41) is 0. The van der Waals surface area contributed by atoms with Gasteiger partial charge >= 0.3 is 5.97 Å². The number of nitrogens with zero attached hydrogens (tertiary/aromatic N) is 1. The van der Waals surface area contributed by atoms with Crippen LogP contribution in [0.2, 0.25) is 0 Å². The third-order valence-corrected chi connectivity index (χ3v) is 3.55. The number of rotatable bonds is 8. The molecule has 0 N–H and O–H groups in total. The summed E-state index contributed by atoms with van der Waals surface area (Å²) in [5.41, 5.74) is 1.15. The van der Waals surface area contributed by atoms with Gasteiger partial charge in [0.15, 0.2) is 6.61 Å². The molecule has 0 aliphatic heterocycles. The highest BCUT2D eigenvalue weighted by molar-refractivity contribution is 5.79. The molecule has 1 aromatic carbocycles. The highest BCUT2D eigenvalue weighted by atomic mass is 16.5. The number of aryl methyl sites for hydroxylation is 1. The molecule has 1 fully saturated rings. The van der Waals surface area contributed by atoms with E-state index in [2.05, 4.69) is 0 Å². The average molecular weight is 305 g/mol. The van der Waals surface area contributed by atoms with Crippen LogP contribution in [0.25, 0.3) is 0 Å². The van der Waals surface area contributed by atoms with Gasteiger partial charge in [-0.25, -0.2) is 0 Å². The summed E-state index contributed by atoms with van der Waals surface area (Å²) in [7, 11) is 0. The Hall–Kier alpha value is -2.04. The molecule has 5 nitrogen and oxygen atoms in total. The number of carbonyl (C=O) groups is 2. The van der Waals surface area contributed by atoms with Gasteiger partial charge in [-0.1, -0.05) is 17.7 Å². The molecule has 1 aromatic rings. The zero-order valence-electron chi connectivity index (χ0n) is 13.2. The first kappa shape index (κ1) is 16.3. The van der Waals surface area contributed by atoms with E-state index < -0.39 is 0 Å². The second-order valence-electron chi connectivity index (χ2n) is 5.48. The Morgan fingerprint density at radius 2 is 1.91 bits per heavy atom. The molecule has 0 atom stereocenters. The molecule has 0 unspecified atom stereocenters. The lowest BCUT2D eigenvalue weighted by Gasteiger charge is -2.22. The number of benzene rings is 1. The molecule has 120 valence electrons. The van der Waals surface area contributed by atoms with Crippen LogP contribution in [-0.4, -0.2) is 42.6 Å². The number of amides is 1. The monoisotopic (exact) mass is 305 g/mol. The van der Waals surface area contributed by atoms with Crippen molar-refractivity contribution in [3.63, 3.8) is 0 Å². The minimum Gasteiger partial charge on any atom is -0.484 e. The summed E-state index contributed by atoms with van der Waals surface area (Å²) in [6.07, 6.45) is 2.23. The molecule has 1 aliphatic rings. The zero-order valence-corrected chi connectivity index (χ0v) is 13.2. The number of carbonyl (C=O) groups excluding carboxylic acids is 2. The minimum absolute atomic E-state index is 0.00237. The fourth-order valence-corrected chi connectivity index (χ4v) is 2.20. The number of esters is 1. The quantitative estimate of drug-likeness (QED) is 0.692. The van der Waals surface area contributed by atoms with Gasteiger partial charge in [-0.3, -0.25) is 9.59 Å². The first-order chi connectivity index (χ1) is 10.6. The van der Waals surface area contributed by atoms with Crippen molar-refractivity contribution in [2.24, 2.45) is 0 Å². The maximum Gasteiger partial charge on any atom is 0.307 e. The van der Waals surface area contributed by atoms with Crippen LogP contribution in [0.3, 0.4) is 0 Å². The van der Waals surface area contributed by atoms with Crippen molar-refractivity contribution in [1.29, 1.82) is 0 Å². The normalized spacial score (nSPS) is 13.5. The molecule has 22 heavy (non-hydrogen) atoms. The van der Waals surface area contributed by atoms with E-state index in [0.717, 1.165) is 18.4 Å². The zero-order chi connectivity index (χ0) is 15.9. The summed E-state index contributed by atoms with van der Waals surface area (Å²) in [6.45, 7) is 4.55. The van der Waals surface area contributed by atoms with E-state index in [1.54, 1.807) is 11.8 Å². The van der Waals surface area contributed by atoms with E-state index in [4.69, 9.17) is 9.47 Å². The van der Waals surface area contributed by atoms with E-state index in [-0.39, 0.29) is 30.9 Å². The summed E-state index contributed by atoms with van der Waals surface area (Å²) >= 11 is 0. The summed E-state index contributed by atoms with van der Waals surface area (Å²) < 4.78 is 10.4. The van der Waals surface area contributed by atoms with Gasteiger partial charge in [0.2, 0.25) is 0 Å². The molecule has 5 heteroatoms. The van der Waals surface area contributed by atoms with E-state index in [1.807, 2.05) is 31.2 Å². The van der Waals surface area contributed by atoms with Crippen LogP contribution in [-0.2, 0) is 14.3 Å². The van der Waals surface area contributed by atoms with Crippen molar-refractivity contribution in [2.45, 2.75) is 39.2 Å². The van der Waals surface area contributed by atoms with Crippen molar-refractivity contribution in [3.8, 4) is 5.75 Å². The van der Waals surface area contributed by atoms with Gasteiger partial charge in [-0.2, -0.15) is 0 Å². The van der Waals surface area contributed by atoms with Crippen molar-refractivity contribution in [1.82, 2.24) is 4.90 Å². The maximum atomic E-state index is 12.3. The van der Waals surface area contributed by atoms with Gasteiger partial charge in [-0.05, 0) is 38.8 Å². The highest BCUT2D eigenvalue weighted by Gasteiger charge is 2.32. The first-order valence-corrected chi connectivity index (χ1v) is 7.74. The van der Waals surface area contributed by atoms with Gasteiger partial charge in [0, 0.05) is 12.6 Å². The van der Waals surface area contributed by atoms with E-state index in [1.165, 1.54) is 0 Å². The van der Waals surface area contributed by atoms with Crippen LogP contribution in [0.15, 0.2) is 24.3 Å². The Balaban J connectivity index is 1.81. The third-order valence-electron chi connectivity index (χ3n) is 3.55. The Bertz CT molecular complexity index is 508. The van der Waals surface area contributed by atoms with E-state index in [0.29, 0.717) is 18.9 Å². The Labute approximate surface area is 131 Å². The predicted octanol–water partition coefficient (Wildman–Crippen LogP) is 2.32. The molecule has 0 saturated heterocycles. The largest absolute Gasteiger partial charge is 0.484 e. The van der Waals surface area contributed by atoms with Gasteiger partial charge in [0.05, 0.1) is 13.0 Å². The molecular formula is C17H23NO4. The van der Waals surface area contributed by atoms with Gasteiger partial charge in [0.25, 0.3) is 5.91 Å². The highest BCUT2D eigenvalue weighted by Crippen LogP contribution is 2.27. The molecule has 0 aromatic heterocycles. The summed E-state index contributed by atoms with van der Waals surface area (Å²) in [5.74, 6) is 0.341. The number of hydrogen-bond acceptors (Lipinski definition) is 4.